The zero-order valence-corrected chi connectivity index (χ0v) is 24.6. The van der Waals surface area contributed by atoms with Crippen LogP contribution in [-0.2, 0) is 16.1 Å². The van der Waals surface area contributed by atoms with Gasteiger partial charge in [0.2, 0.25) is 5.91 Å². The SMILES string of the molecule is O=C(NC1CC1)c1ccc(-c2csc(NC(=O)C3CSC(c4ccnc(Cl)c4)N3C(=O)OCc3ccccc3)n2)cc1. The van der Waals surface area contributed by atoms with Gasteiger partial charge in [-0.1, -0.05) is 54.1 Å². The molecule has 1 saturated heterocycles. The molecule has 1 aliphatic heterocycles. The minimum absolute atomic E-state index is 0.0792. The largest absolute Gasteiger partial charge is 0.444 e. The molecular formula is C30H26ClN5O4S2. The van der Waals surface area contributed by atoms with Crippen LogP contribution in [-0.4, -0.2) is 50.6 Å². The molecule has 2 N–H and O–H groups in total. The zero-order chi connectivity index (χ0) is 29.1. The van der Waals surface area contributed by atoms with Crippen LogP contribution in [0.4, 0.5) is 9.93 Å². The number of amides is 3. The van der Waals surface area contributed by atoms with E-state index >= 15 is 0 Å². The summed E-state index contributed by atoms with van der Waals surface area (Å²) in [5.41, 5.74) is 3.69. The highest BCUT2D eigenvalue weighted by atomic mass is 35.5. The first kappa shape index (κ1) is 28.2. The van der Waals surface area contributed by atoms with E-state index in [-0.39, 0.29) is 18.4 Å². The van der Waals surface area contributed by atoms with Gasteiger partial charge in [-0.05, 0) is 48.2 Å². The summed E-state index contributed by atoms with van der Waals surface area (Å²) in [5.74, 6) is -0.0850. The molecule has 0 radical (unpaired) electrons. The monoisotopic (exact) mass is 619 g/mol. The summed E-state index contributed by atoms with van der Waals surface area (Å²) in [6.45, 7) is 0.0792. The molecule has 2 aromatic heterocycles. The van der Waals surface area contributed by atoms with E-state index in [0.29, 0.717) is 33.3 Å². The maximum atomic E-state index is 13.5. The molecule has 214 valence electrons. The van der Waals surface area contributed by atoms with Crippen LogP contribution in [0.3, 0.4) is 0 Å². The van der Waals surface area contributed by atoms with Crippen molar-refractivity contribution in [1.29, 1.82) is 0 Å². The van der Waals surface area contributed by atoms with Crippen LogP contribution in [0.25, 0.3) is 11.3 Å². The van der Waals surface area contributed by atoms with Gasteiger partial charge < -0.3 is 15.4 Å². The van der Waals surface area contributed by atoms with Crippen molar-refractivity contribution < 1.29 is 19.1 Å². The standard InChI is InChI=1S/C30H26ClN5O4S2/c31-25-14-21(12-13-32-25)28-36(30(39)40-15-18-4-2-1-3-5-18)24(17-41-28)27(38)35-29-34-23(16-42-29)19-6-8-20(9-7-19)26(37)33-22-10-11-22/h1-9,12-14,16,22,24,28H,10-11,15,17H2,(H,33,37)(H,34,35,38). The number of carbonyl (C=O) groups is 3. The molecule has 2 atom stereocenters. The third-order valence-corrected chi connectivity index (χ3v) is 9.13. The van der Waals surface area contributed by atoms with Crippen LogP contribution in [0.5, 0.6) is 0 Å². The third kappa shape index (κ3) is 6.59. The van der Waals surface area contributed by atoms with Crippen molar-refractivity contribution in [3.8, 4) is 11.3 Å². The van der Waals surface area contributed by atoms with Crippen molar-refractivity contribution in [2.45, 2.75) is 36.9 Å². The molecule has 3 amide bonds. The van der Waals surface area contributed by atoms with Crippen molar-refractivity contribution in [3.05, 3.63) is 100 Å². The lowest BCUT2D eigenvalue weighted by molar-refractivity contribution is -0.120. The molecule has 2 fully saturated rings. The number of hydrogen-bond acceptors (Lipinski definition) is 8. The van der Waals surface area contributed by atoms with E-state index in [2.05, 4.69) is 20.6 Å². The zero-order valence-electron chi connectivity index (χ0n) is 22.2. The van der Waals surface area contributed by atoms with Gasteiger partial charge in [0.1, 0.15) is 23.2 Å². The number of thioether (sulfide) groups is 1. The number of nitrogens with zero attached hydrogens (tertiary/aromatic N) is 3. The number of thiazole rings is 1. The van der Waals surface area contributed by atoms with Crippen LogP contribution in [0, 0.1) is 0 Å². The molecule has 0 bridgehead atoms. The fourth-order valence-electron chi connectivity index (χ4n) is 4.49. The normalized spacial score (nSPS) is 18.0. The Labute approximate surface area is 255 Å². The van der Waals surface area contributed by atoms with Gasteiger partial charge in [0.25, 0.3) is 5.91 Å². The summed E-state index contributed by atoms with van der Waals surface area (Å²) in [6.07, 6.45) is 3.03. The summed E-state index contributed by atoms with van der Waals surface area (Å²) < 4.78 is 5.64. The lowest BCUT2D eigenvalue weighted by Crippen LogP contribution is -2.45. The first-order valence-corrected chi connectivity index (χ1v) is 15.6. The highest BCUT2D eigenvalue weighted by Crippen LogP contribution is 2.42. The van der Waals surface area contributed by atoms with Crippen LogP contribution < -0.4 is 10.6 Å². The van der Waals surface area contributed by atoms with Crippen molar-refractivity contribution in [2.24, 2.45) is 0 Å². The molecule has 3 heterocycles. The van der Waals surface area contributed by atoms with Gasteiger partial charge >= 0.3 is 6.09 Å². The Morgan fingerprint density at radius 2 is 1.83 bits per heavy atom. The molecule has 4 aromatic rings. The average molecular weight is 620 g/mol. The second-order valence-corrected chi connectivity index (χ2v) is 12.3. The topological polar surface area (TPSA) is 114 Å². The molecule has 1 aliphatic carbocycles. The molecule has 6 rings (SSSR count). The van der Waals surface area contributed by atoms with Crippen molar-refractivity contribution in [2.75, 3.05) is 11.1 Å². The fraction of sp³-hybridized carbons (Fsp3) is 0.233. The molecule has 2 aromatic carbocycles. The second kappa shape index (κ2) is 12.5. The Bertz CT molecular complexity index is 1600. The van der Waals surface area contributed by atoms with Gasteiger partial charge in [-0.2, -0.15) is 0 Å². The lowest BCUT2D eigenvalue weighted by Gasteiger charge is -2.28. The molecular weight excluding hydrogens is 594 g/mol. The van der Waals surface area contributed by atoms with E-state index in [1.807, 2.05) is 47.8 Å². The lowest BCUT2D eigenvalue weighted by atomic mass is 10.1. The predicted octanol–water partition coefficient (Wildman–Crippen LogP) is 6.14. The number of pyridine rings is 1. The first-order valence-electron chi connectivity index (χ1n) is 13.3. The first-order chi connectivity index (χ1) is 20.4. The number of ether oxygens (including phenoxy) is 1. The predicted molar refractivity (Wildman–Crippen MR) is 163 cm³/mol. The number of benzene rings is 2. The van der Waals surface area contributed by atoms with Crippen molar-refractivity contribution >= 4 is 57.7 Å². The second-order valence-electron chi connectivity index (χ2n) is 9.91. The Morgan fingerprint density at radius 3 is 2.57 bits per heavy atom. The van der Waals surface area contributed by atoms with E-state index in [4.69, 9.17) is 16.3 Å². The van der Waals surface area contributed by atoms with Crippen molar-refractivity contribution in [1.82, 2.24) is 20.2 Å². The molecule has 2 unspecified atom stereocenters. The quantitative estimate of drug-likeness (QED) is 0.228. The van der Waals surface area contributed by atoms with Crippen LogP contribution in [0.15, 0.2) is 78.3 Å². The molecule has 2 aliphatic rings. The number of halogens is 1. The number of anilines is 1. The fourth-order valence-corrected chi connectivity index (χ4v) is 6.81. The van der Waals surface area contributed by atoms with Gasteiger partial charge in [0, 0.05) is 34.5 Å². The van der Waals surface area contributed by atoms with E-state index in [1.54, 1.807) is 30.5 Å². The van der Waals surface area contributed by atoms with E-state index in [9.17, 15) is 14.4 Å². The minimum Gasteiger partial charge on any atom is -0.444 e. The summed E-state index contributed by atoms with van der Waals surface area (Å²) in [4.78, 5) is 49.3. The Hall–Kier alpha value is -3.93. The number of aromatic nitrogens is 2. The summed E-state index contributed by atoms with van der Waals surface area (Å²) in [7, 11) is 0. The van der Waals surface area contributed by atoms with Gasteiger partial charge in [0.05, 0.1) is 5.69 Å². The van der Waals surface area contributed by atoms with Gasteiger partial charge in [0.15, 0.2) is 5.13 Å². The van der Waals surface area contributed by atoms with E-state index < -0.39 is 17.5 Å². The Morgan fingerprint density at radius 1 is 1.05 bits per heavy atom. The number of nitrogens with one attached hydrogen (secondary N) is 2. The van der Waals surface area contributed by atoms with Crippen molar-refractivity contribution in [3.63, 3.8) is 0 Å². The smallest absolute Gasteiger partial charge is 0.412 e. The molecule has 42 heavy (non-hydrogen) atoms. The maximum absolute atomic E-state index is 13.5. The summed E-state index contributed by atoms with van der Waals surface area (Å²) >= 11 is 8.87. The van der Waals surface area contributed by atoms with Gasteiger partial charge in [-0.3, -0.25) is 14.5 Å². The summed E-state index contributed by atoms with van der Waals surface area (Å²) in [6, 6.07) is 19.5. The minimum atomic E-state index is -0.799. The van der Waals surface area contributed by atoms with E-state index in [0.717, 1.165) is 29.5 Å². The third-order valence-electron chi connectivity index (χ3n) is 6.84. The van der Waals surface area contributed by atoms with Crippen LogP contribution in [0.1, 0.15) is 39.7 Å². The maximum Gasteiger partial charge on any atom is 0.412 e. The number of hydrogen-bond donors (Lipinski definition) is 2. The molecule has 9 nitrogen and oxygen atoms in total. The van der Waals surface area contributed by atoms with E-state index in [1.165, 1.54) is 28.0 Å². The molecule has 0 spiro atoms. The summed E-state index contributed by atoms with van der Waals surface area (Å²) in [5, 5.41) is 7.92. The van der Waals surface area contributed by atoms with Crippen LogP contribution in [0.2, 0.25) is 5.15 Å². The Balaban J connectivity index is 1.15. The average Bonchev–Trinajstić information content (AvgIpc) is 3.50. The number of carbonyl (C=O) groups excluding carboxylic acids is 3. The molecule has 12 heteroatoms. The van der Waals surface area contributed by atoms with Gasteiger partial charge in [-0.15, -0.1) is 23.1 Å². The van der Waals surface area contributed by atoms with Crippen LogP contribution >= 0.6 is 34.7 Å². The molecule has 1 saturated carbocycles. The number of rotatable bonds is 8. The highest BCUT2D eigenvalue weighted by Gasteiger charge is 2.43. The Kier molecular flexibility index (Phi) is 8.41. The van der Waals surface area contributed by atoms with Gasteiger partial charge in [-0.25, -0.2) is 14.8 Å². The highest BCUT2D eigenvalue weighted by molar-refractivity contribution is 7.99.